The highest BCUT2D eigenvalue weighted by Gasteiger charge is 2.23. The predicted molar refractivity (Wildman–Crippen MR) is 82.4 cm³/mol. The predicted octanol–water partition coefficient (Wildman–Crippen LogP) is 2.20. The van der Waals surface area contributed by atoms with Gasteiger partial charge in [0, 0.05) is 11.6 Å². The quantitative estimate of drug-likeness (QED) is 0.679. The van der Waals surface area contributed by atoms with Crippen molar-refractivity contribution in [3.63, 3.8) is 0 Å². The van der Waals surface area contributed by atoms with Crippen molar-refractivity contribution in [3.05, 3.63) is 22.6 Å². The summed E-state index contributed by atoms with van der Waals surface area (Å²) in [5, 5.41) is 2.57. The highest BCUT2D eigenvalue weighted by molar-refractivity contribution is 8.26. The van der Waals surface area contributed by atoms with Gasteiger partial charge in [-0.2, -0.15) is 0 Å². The first-order chi connectivity index (χ1) is 9.58. The lowest BCUT2D eigenvalue weighted by Crippen LogP contribution is -2.17. The van der Waals surface area contributed by atoms with E-state index in [1.807, 2.05) is 0 Å². The number of amides is 1. The zero-order valence-corrected chi connectivity index (χ0v) is 12.8. The Morgan fingerprint density at radius 3 is 2.20 bits per heavy atom. The van der Waals surface area contributed by atoms with E-state index in [0.717, 1.165) is 0 Å². The van der Waals surface area contributed by atoms with E-state index < -0.39 is 0 Å². The first-order valence-electron chi connectivity index (χ1n) is 5.64. The molecule has 7 heteroatoms. The molecule has 1 fully saturated rings. The van der Waals surface area contributed by atoms with Crippen LogP contribution in [0.4, 0.5) is 0 Å². The third kappa shape index (κ3) is 2.88. The topological polar surface area (TPSA) is 56.8 Å². The molecule has 0 unspecified atom stereocenters. The number of benzene rings is 1. The maximum atomic E-state index is 11.7. The fraction of sp³-hybridized carbons (Fsp3) is 0.231. The van der Waals surface area contributed by atoms with Crippen LogP contribution in [-0.4, -0.2) is 31.6 Å². The van der Waals surface area contributed by atoms with Gasteiger partial charge in [0.1, 0.15) is 10.1 Å². The Labute approximate surface area is 126 Å². The van der Waals surface area contributed by atoms with Crippen LogP contribution in [0.5, 0.6) is 17.2 Å². The Morgan fingerprint density at radius 2 is 1.70 bits per heavy atom. The van der Waals surface area contributed by atoms with Crippen molar-refractivity contribution in [3.8, 4) is 17.2 Å². The Kier molecular flexibility index (Phi) is 4.51. The Balaban J connectivity index is 2.48. The van der Waals surface area contributed by atoms with Crippen LogP contribution in [0.3, 0.4) is 0 Å². The molecular weight excluding hydrogens is 298 g/mol. The second-order valence-corrected chi connectivity index (χ2v) is 5.52. The van der Waals surface area contributed by atoms with E-state index in [4.69, 9.17) is 26.4 Å². The number of thioether (sulfide) groups is 1. The van der Waals surface area contributed by atoms with Crippen LogP contribution in [0.1, 0.15) is 5.56 Å². The summed E-state index contributed by atoms with van der Waals surface area (Å²) in [6.45, 7) is 0. The van der Waals surface area contributed by atoms with Crippen molar-refractivity contribution >= 4 is 40.3 Å². The summed E-state index contributed by atoms with van der Waals surface area (Å²) < 4.78 is 16.2. The second-order valence-electron chi connectivity index (χ2n) is 3.80. The van der Waals surface area contributed by atoms with E-state index in [-0.39, 0.29) is 5.91 Å². The molecule has 0 spiro atoms. The Hall–Kier alpha value is -1.73. The van der Waals surface area contributed by atoms with E-state index in [1.165, 1.54) is 11.8 Å². The number of thiocarbonyl (C=S) groups is 1. The van der Waals surface area contributed by atoms with Crippen LogP contribution in [-0.2, 0) is 4.79 Å². The number of rotatable bonds is 4. The molecule has 5 nitrogen and oxygen atoms in total. The highest BCUT2D eigenvalue weighted by Crippen LogP contribution is 2.37. The highest BCUT2D eigenvalue weighted by atomic mass is 32.2. The molecule has 1 amide bonds. The number of carbonyl (C=O) groups is 1. The third-order valence-corrected chi connectivity index (χ3v) is 3.83. The van der Waals surface area contributed by atoms with Gasteiger partial charge in [-0.1, -0.05) is 24.0 Å². The standard InChI is InChI=1S/C13H13NO4S2/c1-16-8-6-10(18-3)9(17-2)4-7(8)5-11-12(15)14-13(19)20-11/h4-6H,1-3H3,(H,14,15,19)/b11-5-. The Bertz CT molecular complexity index is 598. The smallest absolute Gasteiger partial charge is 0.263 e. The van der Waals surface area contributed by atoms with Gasteiger partial charge in [0.05, 0.1) is 26.2 Å². The summed E-state index contributed by atoms with van der Waals surface area (Å²) in [7, 11) is 4.65. The number of nitrogens with one attached hydrogen (secondary N) is 1. The average molecular weight is 311 g/mol. The van der Waals surface area contributed by atoms with Gasteiger partial charge in [-0.05, 0) is 12.1 Å². The van der Waals surface area contributed by atoms with Crippen LogP contribution < -0.4 is 19.5 Å². The number of methoxy groups -OCH3 is 3. The molecular formula is C13H13NO4S2. The van der Waals surface area contributed by atoms with Gasteiger partial charge < -0.3 is 19.5 Å². The molecule has 1 aromatic carbocycles. The summed E-state index contributed by atoms with van der Waals surface area (Å²) >= 11 is 6.17. The van der Waals surface area contributed by atoms with E-state index in [1.54, 1.807) is 39.5 Å². The lowest BCUT2D eigenvalue weighted by molar-refractivity contribution is -0.115. The number of hydrogen-bond acceptors (Lipinski definition) is 6. The Morgan fingerprint density at radius 1 is 1.10 bits per heavy atom. The maximum absolute atomic E-state index is 11.7. The van der Waals surface area contributed by atoms with Gasteiger partial charge in [0.15, 0.2) is 11.5 Å². The first-order valence-corrected chi connectivity index (χ1v) is 6.86. The van der Waals surface area contributed by atoms with E-state index >= 15 is 0 Å². The molecule has 1 aliphatic rings. The molecule has 1 N–H and O–H groups in total. The van der Waals surface area contributed by atoms with E-state index in [0.29, 0.717) is 32.0 Å². The van der Waals surface area contributed by atoms with E-state index in [2.05, 4.69) is 5.32 Å². The summed E-state index contributed by atoms with van der Waals surface area (Å²) in [6, 6.07) is 3.46. The largest absolute Gasteiger partial charge is 0.496 e. The summed E-state index contributed by atoms with van der Waals surface area (Å²) in [5.74, 6) is 1.50. The fourth-order valence-corrected chi connectivity index (χ4v) is 2.76. The molecule has 0 atom stereocenters. The minimum absolute atomic E-state index is 0.211. The molecule has 0 saturated carbocycles. The SMILES string of the molecule is COc1cc(OC)c(OC)cc1/C=C1\SC(=S)NC1=O. The molecule has 0 radical (unpaired) electrons. The van der Waals surface area contributed by atoms with Crippen molar-refractivity contribution in [1.82, 2.24) is 5.32 Å². The average Bonchev–Trinajstić information content (AvgIpc) is 2.76. The fourth-order valence-electron chi connectivity index (χ4n) is 1.73. The van der Waals surface area contributed by atoms with Gasteiger partial charge in [-0.15, -0.1) is 0 Å². The third-order valence-electron chi connectivity index (χ3n) is 2.66. The second kappa shape index (κ2) is 6.15. The van der Waals surface area contributed by atoms with Crippen molar-refractivity contribution in [2.45, 2.75) is 0 Å². The van der Waals surface area contributed by atoms with E-state index in [9.17, 15) is 4.79 Å². The molecule has 20 heavy (non-hydrogen) atoms. The molecule has 1 aromatic rings. The molecule has 1 aliphatic heterocycles. The molecule has 1 heterocycles. The molecule has 0 aliphatic carbocycles. The van der Waals surface area contributed by atoms with Gasteiger partial charge >= 0.3 is 0 Å². The van der Waals surface area contributed by atoms with Crippen LogP contribution in [0.15, 0.2) is 17.0 Å². The molecule has 2 rings (SSSR count). The zero-order valence-electron chi connectivity index (χ0n) is 11.2. The van der Waals surface area contributed by atoms with Gasteiger partial charge in [-0.25, -0.2) is 0 Å². The van der Waals surface area contributed by atoms with Crippen LogP contribution in [0.25, 0.3) is 6.08 Å². The summed E-state index contributed by atoms with van der Waals surface area (Å²) in [4.78, 5) is 12.2. The normalized spacial score (nSPS) is 16.2. The van der Waals surface area contributed by atoms with Crippen molar-refractivity contribution in [2.75, 3.05) is 21.3 Å². The van der Waals surface area contributed by atoms with Crippen LogP contribution >= 0.6 is 24.0 Å². The molecule has 1 saturated heterocycles. The minimum Gasteiger partial charge on any atom is -0.496 e. The van der Waals surface area contributed by atoms with Crippen molar-refractivity contribution in [1.29, 1.82) is 0 Å². The van der Waals surface area contributed by atoms with Crippen LogP contribution in [0, 0.1) is 0 Å². The first kappa shape index (κ1) is 14.7. The van der Waals surface area contributed by atoms with Crippen LogP contribution in [0.2, 0.25) is 0 Å². The van der Waals surface area contributed by atoms with Crippen molar-refractivity contribution in [2.24, 2.45) is 0 Å². The van der Waals surface area contributed by atoms with Gasteiger partial charge in [-0.3, -0.25) is 4.79 Å². The summed E-state index contributed by atoms with van der Waals surface area (Å²) in [6.07, 6.45) is 1.71. The lowest BCUT2D eigenvalue weighted by Gasteiger charge is -2.12. The van der Waals surface area contributed by atoms with Gasteiger partial charge in [0.25, 0.3) is 5.91 Å². The molecule has 0 aromatic heterocycles. The molecule has 106 valence electrons. The zero-order chi connectivity index (χ0) is 14.7. The van der Waals surface area contributed by atoms with Crippen molar-refractivity contribution < 1.29 is 19.0 Å². The number of carbonyl (C=O) groups excluding carboxylic acids is 1. The maximum Gasteiger partial charge on any atom is 0.263 e. The number of hydrogen-bond donors (Lipinski definition) is 1. The number of ether oxygens (including phenoxy) is 3. The lowest BCUT2D eigenvalue weighted by atomic mass is 10.1. The monoisotopic (exact) mass is 311 g/mol. The van der Waals surface area contributed by atoms with Gasteiger partial charge in [0.2, 0.25) is 0 Å². The molecule has 0 bridgehead atoms. The summed E-state index contributed by atoms with van der Waals surface area (Å²) in [5.41, 5.74) is 0.715. The minimum atomic E-state index is -0.211.